The largest absolute Gasteiger partial charge is 0.371 e. The standard InChI is InChI=1S/C18H16BrClN2/c19-18-13-17(6-9-21-18)22-10-7-14(8-11-22)4-5-15-2-1-3-16(20)12-15/h1-3,6,9,12-14H,7-8,10-11H2. The molecule has 0 bridgehead atoms. The molecule has 0 saturated carbocycles. The Hall–Kier alpha value is -1.50. The van der Waals surface area contributed by atoms with Gasteiger partial charge in [0.1, 0.15) is 4.60 Å². The van der Waals surface area contributed by atoms with E-state index < -0.39 is 0 Å². The fourth-order valence-electron chi connectivity index (χ4n) is 2.62. The van der Waals surface area contributed by atoms with Crippen LogP contribution in [0.25, 0.3) is 0 Å². The van der Waals surface area contributed by atoms with Gasteiger partial charge in [-0.15, -0.1) is 0 Å². The predicted octanol–water partition coefficient (Wildman–Crippen LogP) is 4.77. The van der Waals surface area contributed by atoms with Crippen molar-refractivity contribution >= 4 is 33.2 Å². The molecule has 3 rings (SSSR count). The molecule has 0 N–H and O–H groups in total. The number of benzene rings is 1. The van der Waals surface area contributed by atoms with Crippen LogP contribution in [-0.2, 0) is 0 Å². The number of aromatic nitrogens is 1. The van der Waals surface area contributed by atoms with Gasteiger partial charge < -0.3 is 4.90 Å². The molecule has 4 heteroatoms. The van der Waals surface area contributed by atoms with Crippen molar-refractivity contribution in [2.24, 2.45) is 5.92 Å². The summed E-state index contributed by atoms with van der Waals surface area (Å²) in [4.78, 5) is 6.57. The Morgan fingerprint density at radius 1 is 1.18 bits per heavy atom. The highest BCUT2D eigenvalue weighted by Gasteiger charge is 2.18. The first-order valence-corrected chi connectivity index (χ1v) is 8.51. The predicted molar refractivity (Wildman–Crippen MR) is 95.2 cm³/mol. The Labute approximate surface area is 144 Å². The van der Waals surface area contributed by atoms with E-state index in [4.69, 9.17) is 11.6 Å². The molecule has 22 heavy (non-hydrogen) atoms. The second kappa shape index (κ2) is 7.17. The maximum atomic E-state index is 5.98. The van der Waals surface area contributed by atoms with Crippen molar-refractivity contribution in [2.45, 2.75) is 12.8 Å². The van der Waals surface area contributed by atoms with Gasteiger partial charge >= 0.3 is 0 Å². The molecule has 0 atom stereocenters. The lowest BCUT2D eigenvalue weighted by Crippen LogP contribution is -2.33. The SMILES string of the molecule is Clc1cccc(C#CC2CCN(c3ccnc(Br)c3)CC2)c1. The molecule has 0 unspecified atom stereocenters. The van der Waals surface area contributed by atoms with Crippen molar-refractivity contribution in [3.8, 4) is 11.8 Å². The normalized spacial score (nSPS) is 15.3. The summed E-state index contributed by atoms with van der Waals surface area (Å²) >= 11 is 9.41. The van der Waals surface area contributed by atoms with Crippen molar-refractivity contribution in [3.05, 3.63) is 57.8 Å². The van der Waals surface area contributed by atoms with E-state index >= 15 is 0 Å². The fraction of sp³-hybridized carbons (Fsp3) is 0.278. The van der Waals surface area contributed by atoms with Gasteiger partial charge in [0.2, 0.25) is 0 Å². The smallest absolute Gasteiger partial charge is 0.108 e. The highest BCUT2D eigenvalue weighted by Crippen LogP contribution is 2.24. The molecular weight excluding hydrogens is 360 g/mol. The number of anilines is 1. The molecular formula is C18H16BrClN2. The Kier molecular flexibility index (Phi) is 5.02. The molecule has 2 heterocycles. The zero-order valence-electron chi connectivity index (χ0n) is 12.1. The van der Waals surface area contributed by atoms with Crippen molar-refractivity contribution < 1.29 is 0 Å². The van der Waals surface area contributed by atoms with E-state index in [1.54, 1.807) is 0 Å². The van der Waals surface area contributed by atoms with Gasteiger partial charge in [0.05, 0.1) is 0 Å². The molecule has 2 aromatic rings. The number of piperidine rings is 1. The Balaban J connectivity index is 1.61. The molecule has 1 aromatic carbocycles. The van der Waals surface area contributed by atoms with E-state index in [1.807, 2.05) is 30.5 Å². The molecule has 1 aliphatic heterocycles. The van der Waals surface area contributed by atoms with E-state index in [-0.39, 0.29) is 0 Å². The van der Waals surface area contributed by atoms with Gasteiger partial charge in [-0.2, -0.15) is 0 Å². The van der Waals surface area contributed by atoms with Crippen LogP contribution in [0.3, 0.4) is 0 Å². The third kappa shape index (κ3) is 4.03. The second-order valence-corrected chi connectivity index (χ2v) is 6.63. The van der Waals surface area contributed by atoms with E-state index in [0.717, 1.165) is 41.1 Å². The van der Waals surface area contributed by atoms with Gasteiger partial charge in [-0.25, -0.2) is 4.98 Å². The van der Waals surface area contributed by atoms with Gasteiger partial charge in [-0.3, -0.25) is 0 Å². The molecule has 112 valence electrons. The van der Waals surface area contributed by atoms with E-state index in [0.29, 0.717) is 5.92 Å². The summed E-state index contributed by atoms with van der Waals surface area (Å²) in [5.41, 5.74) is 2.22. The monoisotopic (exact) mass is 374 g/mol. The minimum atomic E-state index is 0.459. The molecule has 1 saturated heterocycles. The van der Waals surface area contributed by atoms with Gasteiger partial charge in [-0.1, -0.05) is 29.5 Å². The summed E-state index contributed by atoms with van der Waals surface area (Å²) in [5.74, 6) is 7.10. The first-order chi connectivity index (χ1) is 10.7. The quantitative estimate of drug-likeness (QED) is 0.527. The van der Waals surface area contributed by atoms with Gasteiger partial charge in [0.15, 0.2) is 0 Å². The topological polar surface area (TPSA) is 16.1 Å². The van der Waals surface area contributed by atoms with E-state index in [2.05, 4.69) is 49.8 Å². The van der Waals surface area contributed by atoms with Gasteiger partial charge in [-0.05, 0) is 59.1 Å². The van der Waals surface area contributed by atoms with Crippen molar-refractivity contribution in [1.82, 2.24) is 4.98 Å². The van der Waals surface area contributed by atoms with Crippen LogP contribution in [0.15, 0.2) is 47.2 Å². The lowest BCUT2D eigenvalue weighted by molar-refractivity contribution is 0.492. The summed E-state index contributed by atoms with van der Waals surface area (Å²) in [6, 6.07) is 11.9. The molecule has 2 nitrogen and oxygen atoms in total. The van der Waals surface area contributed by atoms with E-state index in [1.165, 1.54) is 5.69 Å². The zero-order valence-corrected chi connectivity index (χ0v) is 14.4. The lowest BCUT2D eigenvalue weighted by Gasteiger charge is -2.31. The van der Waals surface area contributed by atoms with Crippen LogP contribution in [0.4, 0.5) is 5.69 Å². The minimum Gasteiger partial charge on any atom is -0.371 e. The number of rotatable bonds is 1. The average Bonchev–Trinajstić information content (AvgIpc) is 2.54. The fourth-order valence-corrected chi connectivity index (χ4v) is 3.17. The highest BCUT2D eigenvalue weighted by atomic mass is 79.9. The molecule has 1 aromatic heterocycles. The van der Waals surface area contributed by atoms with Gasteiger partial charge in [0, 0.05) is 41.5 Å². The molecule has 1 fully saturated rings. The zero-order chi connectivity index (χ0) is 15.4. The van der Waals surface area contributed by atoms with Crippen molar-refractivity contribution in [3.63, 3.8) is 0 Å². The van der Waals surface area contributed by atoms with Crippen LogP contribution < -0.4 is 4.90 Å². The summed E-state index contributed by atoms with van der Waals surface area (Å²) in [5, 5.41) is 0.741. The summed E-state index contributed by atoms with van der Waals surface area (Å²) in [6.07, 6.45) is 4.02. The summed E-state index contributed by atoms with van der Waals surface area (Å²) in [7, 11) is 0. The van der Waals surface area contributed by atoms with Crippen LogP contribution in [0.1, 0.15) is 18.4 Å². The molecule has 0 aliphatic carbocycles. The second-order valence-electron chi connectivity index (χ2n) is 5.38. The van der Waals surface area contributed by atoms with Crippen molar-refractivity contribution in [1.29, 1.82) is 0 Å². The van der Waals surface area contributed by atoms with Crippen LogP contribution in [-0.4, -0.2) is 18.1 Å². The molecule has 0 radical (unpaired) electrons. The molecule has 1 aliphatic rings. The van der Waals surface area contributed by atoms with Crippen LogP contribution in [0, 0.1) is 17.8 Å². The third-order valence-electron chi connectivity index (χ3n) is 3.82. The Bertz CT molecular complexity index is 712. The Morgan fingerprint density at radius 3 is 2.73 bits per heavy atom. The lowest BCUT2D eigenvalue weighted by atomic mass is 9.96. The highest BCUT2D eigenvalue weighted by molar-refractivity contribution is 9.10. The summed E-state index contributed by atoms with van der Waals surface area (Å²) in [6.45, 7) is 2.07. The number of hydrogen-bond acceptors (Lipinski definition) is 2. The maximum absolute atomic E-state index is 5.98. The van der Waals surface area contributed by atoms with E-state index in [9.17, 15) is 0 Å². The molecule has 0 amide bonds. The number of hydrogen-bond donors (Lipinski definition) is 0. The van der Waals surface area contributed by atoms with Gasteiger partial charge in [0.25, 0.3) is 0 Å². The van der Waals surface area contributed by atoms with Crippen molar-refractivity contribution in [2.75, 3.05) is 18.0 Å². The first kappa shape index (κ1) is 15.4. The van der Waals surface area contributed by atoms with Crippen LogP contribution >= 0.6 is 27.5 Å². The summed E-state index contributed by atoms with van der Waals surface area (Å²) < 4.78 is 0.882. The van der Waals surface area contributed by atoms with Crippen LogP contribution in [0.5, 0.6) is 0 Å². The number of nitrogens with zero attached hydrogens (tertiary/aromatic N) is 2. The Morgan fingerprint density at radius 2 is 2.00 bits per heavy atom. The third-order valence-corrected chi connectivity index (χ3v) is 4.48. The first-order valence-electron chi connectivity index (χ1n) is 7.34. The van der Waals surface area contributed by atoms with Crippen LogP contribution in [0.2, 0.25) is 5.02 Å². The number of pyridine rings is 1. The number of halogens is 2. The average molecular weight is 376 g/mol. The minimum absolute atomic E-state index is 0.459. The maximum Gasteiger partial charge on any atom is 0.108 e. The molecule has 0 spiro atoms.